The lowest BCUT2D eigenvalue weighted by molar-refractivity contribution is -0.143. The van der Waals surface area contributed by atoms with E-state index in [2.05, 4.69) is 5.32 Å². The van der Waals surface area contributed by atoms with Crippen molar-refractivity contribution in [2.75, 3.05) is 0 Å². The average molecular weight is 295 g/mol. The van der Waals surface area contributed by atoms with E-state index in [-0.39, 0.29) is 5.91 Å². The highest BCUT2D eigenvalue weighted by Crippen LogP contribution is 2.41. The third-order valence-electron chi connectivity index (χ3n) is 4.15. The predicted molar refractivity (Wildman–Crippen MR) is 78.9 cm³/mol. The molecule has 1 aromatic rings. The van der Waals surface area contributed by atoms with Gasteiger partial charge in [-0.2, -0.15) is 0 Å². The van der Waals surface area contributed by atoms with Crippen LogP contribution >= 0.6 is 11.3 Å². The Balaban J connectivity index is 2.23. The van der Waals surface area contributed by atoms with Gasteiger partial charge in [0.25, 0.3) is 0 Å². The Morgan fingerprint density at radius 3 is 2.60 bits per heavy atom. The minimum Gasteiger partial charge on any atom is -0.480 e. The molecule has 1 heterocycles. The van der Waals surface area contributed by atoms with Crippen LogP contribution in [-0.2, 0) is 15.0 Å². The van der Waals surface area contributed by atoms with Crippen LogP contribution in [0, 0.1) is 0 Å². The number of carbonyl (C=O) groups is 2. The summed E-state index contributed by atoms with van der Waals surface area (Å²) in [7, 11) is 0. The number of thiophene rings is 1. The maximum absolute atomic E-state index is 12.7. The summed E-state index contributed by atoms with van der Waals surface area (Å²) in [6.07, 6.45) is 5.23. The molecular weight excluding hydrogens is 274 g/mol. The molecule has 1 atom stereocenters. The van der Waals surface area contributed by atoms with Gasteiger partial charge in [0.1, 0.15) is 6.04 Å². The average Bonchev–Trinajstić information content (AvgIpc) is 2.99. The minimum absolute atomic E-state index is 0.117. The molecule has 0 aliphatic heterocycles. The monoisotopic (exact) mass is 295 g/mol. The van der Waals surface area contributed by atoms with Crippen LogP contribution in [0.2, 0.25) is 0 Å². The van der Waals surface area contributed by atoms with Crippen molar-refractivity contribution in [1.29, 1.82) is 0 Å². The van der Waals surface area contributed by atoms with Crippen LogP contribution in [0.15, 0.2) is 17.5 Å². The molecule has 1 aliphatic rings. The Bertz CT molecular complexity index is 463. The minimum atomic E-state index is -0.960. The maximum Gasteiger partial charge on any atom is 0.326 e. The standard InChI is InChI=1S/C15H21NO3S/c1-2-11(13(17)18)16-14(19)15(8-4-3-5-9-15)12-7-6-10-20-12/h6-7,10-11H,2-5,8-9H2,1H3,(H,16,19)(H,17,18). The molecule has 1 aliphatic carbocycles. The van der Waals surface area contributed by atoms with E-state index < -0.39 is 17.4 Å². The van der Waals surface area contributed by atoms with Crippen molar-refractivity contribution in [2.24, 2.45) is 0 Å². The Hall–Kier alpha value is -1.36. The number of carboxylic acids is 1. The van der Waals surface area contributed by atoms with Crippen molar-refractivity contribution in [2.45, 2.75) is 56.9 Å². The van der Waals surface area contributed by atoms with Crippen LogP contribution < -0.4 is 5.32 Å². The van der Waals surface area contributed by atoms with Gasteiger partial charge in [-0.3, -0.25) is 4.79 Å². The van der Waals surface area contributed by atoms with E-state index in [9.17, 15) is 9.59 Å². The molecule has 1 amide bonds. The lowest BCUT2D eigenvalue weighted by Gasteiger charge is -2.35. The first-order valence-electron chi connectivity index (χ1n) is 7.18. The van der Waals surface area contributed by atoms with E-state index >= 15 is 0 Å². The lowest BCUT2D eigenvalue weighted by Crippen LogP contribution is -2.51. The SMILES string of the molecule is CCC(NC(=O)C1(c2cccs2)CCCCC1)C(=O)O. The van der Waals surface area contributed by atoms with Crippen LogP contribution in [0.5, 0.6) is 0 Å². The molecule has 0 aromatic carbocycles. The zero-order valence-corrected chi connectivity index (χ0v) is 12.5. The molecule has 20 heavy (non-hydrogen) atoms. The summed E-state index contributed by atoms with van der Waals surface area (Å²) < 4.78 is 0. The van der Waals surface area contributed by atoms with Crippen molar-refractivity contribution >= 4 is 23.2 Å². The molecule has 1 fully saturated rings. The van der Waals surface area contributed by atoms with Gasteiger partial charge in [-0.15, -0.1) is 11.3 Å². The first kappa shape index (κ1) is 15.0. The topological polar surface area (TPSA) is 66.4 Å². The Morgan fingerprint density at radius 1 is 1.40 bits per heavy atom. The molecule has 0 saturated heterocycles. The zero-order chi connectivity index (χ0) is 14.6. The van der Waals surface area contributed by atoms with Crippen molar-refractivity contribution in [1.82, 2.24) is 5.32 Å². The van der Waals surface area contributed by atoms with Gasteiger partial charge >= 0.3 is 5.97 Å². The predicted octanol–water partition coefficient (Wildman–Crippen LogP) is 2.93. The third kappa shape index (κ3) is 2.87. The summed E-state index contributed by atoms with van der Waals surface area (Å²) in [6, 6.07) is 3.16. The molecule has 4 nitrogen and oxygen atoms in total. The number of aliphatic carboxylic acids is 1. The van der Waals surface area contributed by atoms with Gasteiger partial charge in [-0.05, 0) is 30.7 Å². The molecule has 2 N–H and O–H groups in total. The molecule has 2 rings (SSSR count). The Labute approximate surface area is 123 Å². The van der Waals surface area contributed by atoms with Crippen LogP contribution in [-0.4, -0.2) is 23.0 Å². The van der Waals surface area contributed by atoms with Gasteiger partial charge < -0.3 is 10.4 Å². The summed E-state index contributed by atoms with van der Waals surface area (Å²) in [5.74, 6) is -1.08. The number of hydrogen-bond acceptors (Lipinski definition) is 3. The molecule has 5 heteroatoms. The van der Waals surface area contributed by atoms with Gasteiger partial charge in [0.15, 0.2) is 0 Å². The fraction of sp³-hybridized carbons (Fsp3) is 0.600. The first-order valence-corrected chi connectivity index (χ1v) is 8.06. The highest BCUT2D eigenvalue weighted by atomic mass is 32.1. The van der Waals surface area contributed by atoms with Crippen LogP contribution in [0.1, 0.15) is 50.3 Å². The van der Waals surface area contributed by atoms with Gasteiger partial charge in [0.05, 0.1) is 5.41 Å². The van der Waals surface area contributed by atoms with Gasteiger partial charge in [0, 0.05) is 4.88 Å². The largest absolute Gasteiger partial charge is 0.480 e. The van der Waals surface area contributed by atoms with E-state index in [1.807, 2.05) is 17.5 Å². The summed E-state index contributed by atoms with van der Waals surface area (Å²) in [5.41, 5.74) is -0.519. The quantitative estimate of drug-likeness (QED) is 0.877. The molecule has 110 valence electrons. The Morgan fingerprint density at radius 2 is 2.10 bits per heavy atom. The van der Waals surface area contributed by atoms with Crippen LogP contribution in [0.4, 0.5) is 0 Å². The third-order valence-corrected chi connectivity index (χ3v) is 5.22. The second-order valence-electron chi connectivity index (χ2n) is 5.39. The maximum atomic E-state index is 12.7. The highest BCUT2D eigenvalue weighted by Gasteiger charge is 2.42. The van der Waals surface area contributed by atoms with E-state index in [4.69, 9.17) is 5.11 Å². The molecule has 1 saturated carbocycles. The molecule has 0 bridgehead atoms. The van der Waals surface area contributed by atoms with Gasteiger partial charge in [0.2, 0.25) is 5.91 Å². The number of nitrogens with one attached hydrogen (secondary N) is 1. The Kier molecular flexibility index (Phi) is 4.81. The summed E-state index contributed by atoms with van der Waals surface area (Å²) in [4.78, 5) is 24.9. The van der Waals surface area contributed by atoms with Crippen LogP contribution in [0.25, 0.3) is 0 Å². The molecule has 0 radical (unpaired) electrons. The molecule has 1 aromatic heterocycles. The van der Waals surface area contributed by atoms with Crippen molar-refractivity contribution in [3.63, 3.8) is 0 Å². The van der Waals surface area contributed by atoms with Gasteiger partial charge in [-0.1, -0.05) is 32.3 Å². The van der Waals surface area contributed by atoms with Gasteiger partial charge in [-0.25, -0.2) is 4.79 Å². The number of carbonyl (C=O) groups excluding carboxylic acids is 1. The van der Waals surface area contributed by atoms with Crippen molar-refractivity contribution < 1.29 is 14.7 Å². The fourth-order valence-corrected chi connectivity index (χ4v) is 3.91. The molecule has 0 spiro atoms. The highest BCUT2D eigenvalue weighted by molar-refractivity contribution is 7.10. The van der Waals surface area contributed by atoms with E-state index in [1.54, 1.807) is 18.3 Å². The van der Waals surface area contributed by atoms with E-state index in [0.29, 0.717) is 6.42 Å². The summed E-state index contributed by atoms with van der Waals surface area (Å²) >= 11 is 1.59. The smallest absolute Gasteiger partial charge is 0.326 e. The van der Waals surface area contributed by atoms with E-state index in [1.165, 1.54) is 0 Å². The van der Waals surface area contributed by atoms with Crippen LogP contribution in [0.3, 0.4) is 0 Å². The number of carboxylic acid groups (broad SMARTS) is 1. The number of rotatable bonds is 5. The normalized spacial score (nSPS) is 19.2. The molecular formula is C15H21NO3S. The number of amides is 1. The lowest BCUT2D eigenvalue weighted by atomic mass is 9.72. The summed E-state index contributed by atoms with van der Waals surface area (Å²) in [6.45, 7) is 1.78. The summed E-state index contributed by atoms with van der Waals surface area (Å²) in [5, 5.41) is 13.8. The fourth-order valence-electron chi connectivity index (χ4n) is 2.93. The van der Waals surface area contributed by atoms with Crippen molar-refractivity contribution in [3.05, 3.63) is 22.4 Å². The zero-order valence-electron chi connectivity index (χ0n) is 11.7. The molecule has 1 unspecified atom stereocenters. The second-order valence-corrected chi connectivity index (χ2v) is 6.34. The second kappa shape index (κ2) is 6.39. The van der Waals surface area contributed by atoms with Crippen molar-refractivity contribution in [3.8, 4) is 0 Å². The van der Waals surface area contributed by atoms with E-state index in [0.717, 1.165) is 37.0 Å². The number of hydrogen-bond donors (Lipinski definition) is 2. The first-order chi connectivity index (χ1) is 9.60.